The Hall–Kier alpha value is -2.34. The summed E-state index contributed by atoms with van der Waals surface area (Å²) >= 11 is 0. The van der Waals surface area contributed by atoms with Gasteiger partial charge in [0.2, 0.25) is 0 Å². The molecule has 0 heterocycles. The molecule has 2 aromatic carbocycles. The summed E-state index contributed by atoms with van der Waals surface area (Å²) in [7, 11) is 0. The van der Waals surface area contributed by atoms with Gasteiger partial charge in [-0.05, 0) is 23.3 Å². The van der Waals surface area contributed by atoms with Gasteiger partial charge in [-0.2, -0.15) is 13.2 Å². The molecule has 2 aromatic rings. The number of rotatable bonds is 5. The van der Waals surface area contributed by atoms with E-state index in [2.05, 4.69) is 0 Å². The van der Waals surface area contributed by atoms with Crippen molar-refractivity contribution in [3.63, 3.8) is 0 Å². The number of halogens is 3. The van der Waals surface area contributed by atoms with Gasteiger partial charge in [-0.25, -0.2) is 4.79 Å². The van der Waals surface area contributed by atoms with Gasteiger partial charge in [0.25, 0.3) is 0 Å². The molecule has 2 rings (SSSR count). The molecule has 0 radical (unpaired) electrons. The van der Waals surface area contributed by atoms with E-state index in [9.17, 15) is 23.1 Å². The van der Waals surface area contributed by atoms with Crippen molar-refractivity contribution in [1.29, 1.82) is 0 Å². The summed E-state index contributed by atoms with van der Waals surface area (Å²) in [4.78, 5) is 11.2. The van der Waals surface area contributed by atoms with E-state index in [0.717, 1.165) is 12.1 Å². The lowest BCUT2D eigenvalue weighted by Gasteiger charge is -2.15. The van der Waals surface area contributed by atoms with Gasteiger partial charge in [0.1, 0.15) is 0 Å². The monoisotopic (exact) mass is 310 g/mol. The second-order valence-corrected chi connectivity index (χ2v) is 4.64. The van der Waals surface area contributed by atoms with Gasteiger partial charge >= 0.3 is 12.1 Å². The minimum atomic E-state index is -4.44. The second-order valence-electron chi connectivity index (χ2n) is 4.64. The summed E-state index contributed by atoms with van der Waals surface area (Å²) in [5.41, 5.74) is -0.0980. The van der Waals surface area contributed by atoms with Gasteiger partial charge in [0.15, 0.2) is 6.10 Å². The smallest absolute Gasteiger partial charge is 0.416 e. The van der Waals surface area contributed by atoms with Crippen molar-refractivity contribution >= 4 is 5.97 Å². The first-order valence-electron chi connectivity index (χ1n) is 6.43. The van der Waals surface area contributed by atoms with Crippen LogP contribution in [0.5, 0.6) is 0 Å². The second kappa shape index (κ2) is 6.62. The van der Waals surface area contributed by atoms with E-state index in [4.69, 9.17) is 4.74 Å². The number of hydrogen-bond acceptors (Lipinski definition) is 2. The van der Waals surface area contributed by atoms with Gasteiger partial charge in [-0.15, -0.1) is 0 Å². The van der Waals surface area contributed by atoms with Gasteiger partial charge in [0, 0.05) is 0 Å². The van der Waals surface area contributed by atoms with Crippen LogP contribution in [0.25, 0.3) is 0 Å². The molecule has 0 spiro atoms. The SMILES string of the molecule is O=C(O)C(OCc1cccc(C(F)(F)F)c1)c1ccccc1. The van der Waals surface area contributed by atoms with Crippen LogP contribution in [0, 0.1) is 0 Å². The number of carboxylic acids is 1. The number of alkyl halides is 3. The summed E-state index contributed by atoms with van der Waals surface area (Å²) in [6, 6.07) is 12.9. The fourth-order valence-corrected chi connectivity index (χ4v) is 1.95. The van der Waals surface area contributed by atoms with Crippen molar-refractivity contribution in [3.05, 3.63) is 71.3 Å². The highest BCUT2D eigenvalue weighted by Crippen LogP contribution is 2.30. The lowest BCUT2D eigenvalue weighted by atomic mass is 10.1. The highest BCUT2D eigenvalue weighted by Gasteiger charge is 2.30. The van der Waals surface area contributed by atoms with Crippen molar-refractivity contribution in [1.82, 2.24) is 0 Å². The van der Waals surface area contributed by atoms with E-state index in [-0.39, 0.29) is 12.2 Å². The zero-order valence-corrected chi connectivity index (χ0v) is 11.4. The van der Waals surface area contributed by atoms with Crippen molar-refractivity contribution in [3.8, 4) is 0 Å². The Labute approximate surface area is 125 Å². The van der Waals surface area contributed by atoms with E-state index in [1.807, 2.05) is 0 Å². The lowest BCUT2D eigenvalue weighted by Crippen LogP contribution is -2.15. The molecule has 0 fully saturated rings. The molecule has 116 valence electrons. The molecule has 0 bridgehead atoms. The average Bonchev–Trinajstić information content (AvgIpc) is 2.48. The third-order valence-corrected chi connectivity index (χ3v) is 3.00. The van der Waals surface area contributed by atoms with E-state index < -0.39 is 23.8 Å². The number of carbonyl (C=O) groups is 1. The Morgan fingerprint density at radius 3 is 2.36 bits per heavy atom. The number of hydrogen-bond donors (Lipinski definition) is 1. The summed E-state index contributed by atoms with van der Waals surface area (Å²) < 4.78 is 43.2. The molecule has 3 nitrogen and oxygen atoms in total. The molecule has 1 unspecified atom stereocenters. The van der Waals surface area contributed by atoms with Crippen LogP contribution in [-0.2, 0) is 22.3 Å². The van der Waals surface area contributed by atoms with Crippen LogP contribution < -0.4 is 0 Å². The first kappa shape index (κ1) is 16.0. The zero-order valence-electron chi connectivity index (χ0n) is 11.4. The Morgan fingerprint density at radius 2 is 1.77 bits per heavy atom. The predicted octanol–water partition coefficient (Wildman–Crippen LogP) is 4.05. The Balaban J connectivity index is 2.12. The molecule has 0 saturated heterocycles. The zero-order chi connectivity index (χ0) is 16.2. The maximum Gasteiger partial charge on any atom is 0.416 e. The van der Waals surface area contributed by atoms with Gasteiger partial charge in [-0.1, -0.05) is 42.5 Å². The van der Waals surface area contributed by atoms with E-state index in [1.165, 1.54) is 12.1 Å². The maximum absolute atomic E-state index is 12.6. The molecule has 1 atom stereocenters. The topological polar surface area (TPSA) is 46.5 Å². The normalized spacial score (nSPS) is 12.9. The Kier molecular flexibility index (Phi) is 4.82. The van der Waals surface area contributed by atoms with E-state index in [0.29, 0.717) is 5.56 Å². The Bertz CT molecular complexity index is 639. The first-order valence-corrected chi connectivity index (χ1v) is 6.43. The molecule has 0 aromatic heterocycles. The summed E-state index contributed by atoms with van der Waals surface area (Å²) in [6.07, 6.45) is -5.67. The minimum Gasteiger partial charge on any atom is -0.479 e. The van der Waals surface area contributed by atoms with Crippen LogP contribution in [0.15, 0.2) is 54.6 Å². The maximum atomic E-state index is 12.6. The highest BCUT2D eigenvalue weighted by molar-refractivity contribution is 5.74. The lowest BCUT2D eigenvalue weighted by molar-refractivity contribution is -0.152. The molecule has 0 aliphatic rings. The van der Waals surface area contributed by atoms with Crippen molar-refractivity contribution in [2.24, 2.45) is 0 Å². The van der Waals surface area contributed by atoms with E-state index in [1.54, 1.807) is 30.3 Å². The largest absolute Gasteiger partial charge is 0.479 e. The number of benzene rings is 2. The minimum absolute atomic E-state index is 0.226. The van der Waals surface area contributed by atoms with E-state index >= 15 is 0 Å². The van der Waals surface area contributed by atoms with Crippen LogP contribution >= 0.6 is 0 Å². The third kappa shape index (κ3) is 4.08. The van der Waals surface area contributed by atoms with Crippen molar-refractivity contribution in [2.75, 3.05) is 0 Å². The molecule has 0 amide bonds. The molecule has 6 heteroatoms. The summed E-state index contributed by atoms with van der Waals surface area (Å²) in [5.74, 6) is -1.20. The molecular weight excluding hydrogens is 297 g/mol. The molecular formula is C16H13F3O3. The standard InChI is InChI=1S/C16H13F3O3/c17-16(18,19)13-8-4-5-11(9-13)10-22-14(15(20)21)12-6-2-1-3-7-12/h1-9,14H,10H2,(H,20,21). The van der Waals surface area contributed by atoms with Crippen LogP contribution in [0.1, 0.15) is 22.8 Å². The molecule has 22 heavy (non-hydrogen) atoms. The Morgan fingerprint density at radius 1 is 1.09 bits per heavy atom. The number of ether oxygens (including phenoxy) is 1. The third-order valence-electron chi connectivity index (χ3n) is 3.00. The predicted molar refractivity (Wildman–Crippen MR) is 73.1 cm³/mol. The molecule has 1 N–H and O–H groups in total. The van der Waals surface area contributed by atoms with Gasteiger partial charge in [-0.3, -0.25) is 0 Å². The fourth-order valence-electron chi connectivity index (χ4n) is 1.95. The van der Waals surface area contributed by atoms with Crippen LogP contribution in [0.3, 0.4) is 0 Å². The fraction of sp³-hybridized carbons (Fsp3) is 0.188. The van der Waals surface area contributed by atoms with Crippen molar-refractivity contribution < 1.29 is 27.8 Å². The average molecular weight is 310 g/mol. The van der Waals surface area contributed by atoms with Crippen LogP contribution in [0.2, 0.25) is 0 Å². The molecule has 0 aliphatic carbocycles. The summed E-state index contributed by atoms with van der Waals surface area (Å²) in [5, 5.41) is 9.18. The first-order chi connectivity index (χ1) is 10.4. The van der Waals surface area contributed by atoms with Crippen LogP contribution in [-0.4, -0.2) is 11.1 Å². The molecule has 0 saturated carbocycles. The quantitative estimate of drug-likeness (QED) is 0.906. The highest BCUT2D eigenvalue weighted by atomic mass is 19.4. The number of carboxylic acid groups (broad SMARTS) is 1. The van der Waals surface area contributed by atoms with Crippen LogP contribution in [0.4, 0.5) is 13.2 Å². The van der Waals surface area contributed by atoms with Gasteiger partial charge in [0.05, 0.1) is 12.2 Å². The van der Waals surface area contributed by atoms with Crippen molar-refractivity contribution in [2.45, 2.75) is 18.9 Å². The van der Waals surface area contributed by atoms with Gasteiger partial charge < -0.3 is 9.84 Å². The molecule has 0 aliphatic heterocycles. The number of aliphatic carboxylic acids is 1. The summed E-state index contributed by atoms with van der Waals surface area (Å²) in [6.45, 7) is -0.226.